The molecule has 3 N–H and O–H groups in total. The molecule has 0 saturated heterocycles. The molecule has 21 heavy (non-hydrogen) atoms. The number of anilines is 2. The summed E-state index contributed by atoms with van der Waals surface area (Å²) in [6.07, 6.45) is 6.23. The van der Waals surface area contributed by atoms with Crippen LogP contribution >= 0.6 is 0 Å². The summed E-state index contributed by atoms with van der Waals surface area (Å²) >= 11 is 0. The molecule has 1 aliphatic carbocycles. The smallest absolute Gasteiger partial charge is 0.134 e. The fourth-order valence-electron chi connectivity index (χ4n) is 2.93. The van der Waals surface area contributed by atoms with E-state index in [1.165, 1.54) is 0 Å². The monoisotopic (exact) mass is 292 g/mol. The topological polar surface area (TPSA) is 70.1 Å². The summed E-state index contributed by atoms with van der Waals surface area (Å²) in [5, 5.41) is 17.2. The van der Waals surface area contributed by atoms with Crippen LogP contribution in [0.4, 0.5) is 11.6 Å². The van der Waals surface area contributed by atoms with E-state index < -0.39 is 5.60 Å². The summed E-state index contributed by atoms with van der Waals surface area (Å²) in [5.74, 6) is 1.68. The maximum Gasteiger partial charge on any atom is 0.134 e. The Balaban J connectivity index is 2.03. The number of aliphatic hydroxyl groups is 1. The van der Waals surface area contributed by atoms with Crippen molar-refractivity contribution in [3.63, 3.8) is 0 Å². The van der Waals surface area contributed by atoms with Crippen molar-refractivity contribution in [2.24, 2.45) is 5.41 Å². The maximum atomic E-state index is 10.7. The fourth-order valence-corrected chi connectivity index (χ4v) is 2.93. The minimum atomic E-state index is -0.620. The van der Waals surface area contributed by atoms with Gasteiger partial charge in [-0.25, -0.2) is 9.97 Å². The van der Waals surface area contributed by atoms with Gasteiger partial charge in [0.1, 0.15) is 18.0 Å². The van der Waals surface area contributed by atoms with Gasteiger partial charge in [0, 0.05) is 19.2 Å². The van der Waals surface area contributed by atoms with E-state index >= 15 is 0 Å². The van der Waals surface area contributed by atoms with Crippen LogP contribution in [0.3, 0.4) is 0 Å². The van der Waals surface area contributed by atoms with Crippen LogP contribution in [0.2, 0.25) is 0 Å². The van der Waals surface area contributed by atoms with E-state index in [2.05, 4.69) is 41.4 Å². The lowest BCUT2D eigenvalue weighted by molar-refractivity contribution is -0.0146. The van der Waals surface area contributed by atoms with E-state index in [0.717, 1.165) is 49.3 Å². The molecule has 0 unspecified atom stereocenters. The van der Waals surface area contributed by atoms with E-state index in [1.54, 1.807) is 6.33 Å². The van der Waals surface area contributed by atoms with Crippen molar-refractivity contribution >= 4 is 11.6 Å². The van der Waals surface area contributed by atoms with E-state index in [9.17, 15) is 5.11 Å². The molecule has 0 aliphatic heterocycles. The second-order valence-electron chi connectivity index (χ2n) is 6.90. The van der Waals surface area contributed by atoms with E-state index in [1.807, 2.05) is 7.05 Å². The Kier molecular flexibility index (Phi) is 4.71. The van der Waals surface area contributed by atoms with Gasteiger partial charge in [-0.05, 0) is 37.5 Å². The molecule has 1 heterocycles. The second kappa shape index (κ2) is 6.18. The molecule has 1 aliphatic rings. The van der Waals surface area contributed by atoms with Crippen LogP contribution < -0.4 is 10.6 Å². The van der Waals surface area contributed by atoms with E-state index in [0.29, 0.717) is 12.0 Å². The van der Waals surface area contributed by atoms with Crippen LogP contribution in [-0.4, -0.2) is 34.3 Å². The fraction of sp³-hybridized carbons (Fsp3) is 0.750. The molecule has 1 saturated carbocycles. The molecule has 0 amide bonds. The van der Waals surface area contributed by atoms with Gasteiger partial charge in [-0.15, -0.1) is 0 Å². The van der Waals surface area contributed by atoms with Crippen molar-refractivity contribution in [2.45, 2.75) is 58.5 Å². The first-order valence-electron chi connectivity index (χ1n) is 7.87. The van der Waals surface area contributed by atoms with E-state index in [4.69, 9.17) is 0 Å². The first-order valence-corrected chi connectivity index (χ1v) is 7.87. The predicted octanol–water partition coefficient (Wildman–Crippen LogP) is 2.82. The Morgan fingerprint density at radius 1 is 1.14 bits per heavy atom. The number of hydrogen-bond acceptors (Lipinski definition) is 5. The molecule has 0 atom stereocenters. The molecule has 5 heteroatoms. The average molecular weight is 292 g/mol. The molecule has 0 aromatic carbocycles. The quantitative estimate of drug-likeness (QED) is 0.778. The van der Waals surface area contributed by atoms with Gasteiger partial charge < -0.3 is 15.7 Å². The second-order valence-corrected chi connectivity index (χ2v) is 6.90. The van der Waals surface area contributed by atoms with Gasteiger partial charge in [-0.2, -0.15) is 0 Å². The summed E-state index contributed by atoms with van der Waals surface area (Å²) in [4.78, 5) is 8.56. The zero-order chi connectivity index (χ0) is 15.5. The van der Waals surface area contributed by atoms with Gasteiger partial charge in [-0.3, -0.25) is 0 Å². The SMILES string of the molecule is CCc1c(NC)ncnc1NCC1(O)CCC(C)(C)CC1. The predicted molar refractivity (Wildman–Crippen MR) is 86.6 cm³/mol. The molecule has 1 aromatic heterocycles. The lowest BCUT2D eigenvalue weighted by Crippen LogP contribution is -2.42. The molecule has 0 spiro atoms. The molecule has 2 rings (SSSR count). The Morgan fingerprint density at radius 3 is 2.33 bits per heavy atom. The van der Waals surface area contributed by atoms with Gasteiger partial charge in [-0.1, -0.05) is 20.8 Å². The molecular weight excluding hydrogens is 264 g/mol. The third kappa shape index (κ3) is 3.84. The minimum Gasteiger partial charge on any atom is -0.388 e. The van der Waals surface area contributed by atoms with Crippen LogP contribution in [-0.2, 0) is 6.42 Å². The first kappa shape index (κ1) is 16.0. The number of nitrogens with zero attached hydrogens (tertiary/aromatic N) is 2. The van der Waals surface area contributed by atoms with Crippen molar-refractivity contribution in [2.75, 3.05) is 24.2 Å². The Labute approximate surface area is 127 Å². The normalized spacial score (nSPS) is 20.0. The molecule has 1 fully saturated rings. The average Bonchev–Trinajstić information content (AvgIpc) is 2.48. The zero-order valence-corrected chi connectivity index (χ0v) is 13.7. The minimum absolute atomic E-state index is 0.356. The largest absolute Gasteiger partial charge is 0.388 e. The molecule has 118 valence electrons. The van der Waals surface area contributed by atoms with Crippen LogP contribution in [0.25, 0.3) is 0 Å². The molecule has 0 bridgehead atoms. The summed E-state index contributed by atoms with van der Waals surface area (Å²) in [7, 11) is 1.86. The van der Waals surface area contributed by atoms with Crippen molar-refractivity contribution < 1.29 is 5.11 Å². The van der Waals surface area contributed by atoms with Gasteiger partial charge >= 0.3 is 0 Å². The highest BCUT2D eigenvalue weighted by atomic mass is 16.3. The van der Waals surface area contributed by atoms with Crippen LogP contribution in [0.5, 0.6) is 0 Å². The van der Waals surface area contributed by atoms with Gasteiger partial charge in [0.05, 0.1) is 5.60 Å². The zero-order valence-electron chi connectivity index (χ0n) is 13.7. The third-order valence-corrected chi connectivity index (χ3v) is 4.65. The molecule has 1 aromatic rings. The highest BCUT2D eigenvalue weighted by Gasteiger charge is 2.36. The number of hydrogen-bond donors (Lipinski definition) is 3. The maximum absolute atomic E-state index is 10.7. The van der Waals surface area contributed by atoms with Crippen molar-refractivity contribution in [1.82, 2.24) is 9.97 Å². The Morgan fingerprint density at radius 2 is 1.76 bits per heavy atom. The lowest BCUT2D eigenvalue weighted by Gasteiger charge is -2.40. The van der Waals surface area contributed by atoms with Crippen LogP contribution in [0.15, 0.2) is 6.33 Å². The standard InChI is InChI=1S/C16H28N4O/c1-5-12-13(17-4)19-11-20-14(12)18-10-16(21)8-6-15(2,3)7-9-16/h11,21H,5-10H2,1-4H3,(H2,17,18,19,20). The van der Waals surface area contributed by atoms with Crippen molar-refractivity contribution in [3.05, 3.63) is 11.9 Å². The summed E-state index contributed by atoms with van der Waals surface area (Å²) in [6.45, 7) is 7.19. The summed E-state index contributed by atoms with van der Waals surface area (Å²) in [6, 6.07) is 0. The highest BCUT2D eigenvalue weighted by molar-refractivity contribution is 5.57. The number of nitrogens with one attached hydrogen (secondary N) is 2. The first-order chi connectivity index (χ1) is 9.89. The number of rotatable bonds is 5. The van der Waals surface area contributed by atoms with Gasteiger partial charge in [0.15, 0.2) is 0 Å². The Hall–Kier alpha value is -1.36. The highest BCUT2D eigenvalue weighted by Crippen LogP contribution is 2.40. The van der Waals surface area contributed by atoms with Gasteiger partial charge in [0.25, 0.3) is 0 Å². The van der Waals surface area contributed by atoms with Crippen LogP contribution in [0, 0.1) is 5.41 Å². The van der Waals surface area contributed by atoms with Crippen molar-refractivity contribution in [3.8, 4) is 0 Å². The van der Waals surface area contributed by atoms with Crippen LogP contribution in [0.1, 0.15) is 52.0 Å². The number of aromatic nitrogens is 2. The molecule has 5 nitrogen and oxygen atoms in total. The summed E-state index contributed by atoms with van der Waals surface area (Å²) in [5.41, 5.74) is 0.806. The third-order valence-electron chi connectivity index (χ3n) is 4.65. The van der Waals surface area contributed by atoms with Crippen molar-refractivity contribution in [1.29, 1.82) is 0 Å². The molecule has 0 radical (unpaired) electrons. The van der Waals surface area contributed by atoms with E-state index in [-0.39, 0.29) is 0 Å². The summed E-state index contributed by atoms with van der Waals surface area (Å²) < 4.78 is 0. The lowest BCUT2D eigenvalue weighted by atomic mass is 9.71. The molecular formula is C16H28N4O. The Bertz CT molecular complexity index is 477. The van der Waals surface area contributed by atoms with Gasteiger partial charge in [0.2, 0.25) is 0 Å².